The van der Waals surface area contributed by atoms with E-state index in [1.165, 1.54) is 7.11 Å². The Morgan fingerprint density at radius 2 is 1.94 bits per heavy atom. The highest BCUT2D eigenvalue weighted by molar-refractivity contribution is 5.13. The lowest BCUT2D eigenvalue weighted by Crippen LogP contribution is -2.36. The largest absolute Gasteiger partial charge is 0.385 e. The van der Waals surface area contributed by atoms with Crippen molar-refractivity contribution in [3.8, 4) is 0 Å². The van der Waals surface area contributed by atoms with Crippen molar-refractivity contribution in [2.24, 2.45) is 0 Å². The van der Waals surface area contributed by atoms with E-state index >= 15 is 0 Å². The summed E-state index contributed by atoms with van der Waals surface area (Å²) in [6.07, 6.45) is -3.25. The van der Waals surface area contributed by atoms with Crippen LogP contribution in [0.3, 0.4) is 0 Å². The average Bonchev–Trinajstić information content (AvgIpc) is 2.66. The average molecular weight is 254 g/mol. The van der Waals surface area contributed by atoms with E-state index in [0.29, 0.717) is 6.61 Å². The van der Waals surface area contributed by atoms with E-state index in [1.54, 1.807) is 0 Å². The fraction of sp³-hybridized carbons (Fsp3) is 0.538. The monoisotopic (exact) mass is 254 g/mol. The zero-order valence-corrected chi connectivity index (χ0v) is 10.2. The second-order valence-corrected chi connectivity index (χ2v) is 4.26. The molecule has 5 heteroatoms. The molecule has 1 aliphatic heterocycles. The lowest BCUT2D eigenvalue weighted by molar-refractivity contribution is -0.137. The summed E-state index contributed by atoms with van der Waals surface area (Å²) in [5.74, 6) is 0. The van der Waals surface area contributed by atoms with Gasteiger partial charge in [0.2, 0.25) is 0 Å². The van der Waals surface area contributed by atoms with Crippen LogP contribution in [0.25, 0.3) is 0 Å². The number of hydrogen-bond donors (Lipinski definition) is 2. The highest BCUT2D eigenvalue weighted by atomic mass is 16.7. The number of ether oxygens (including phenoxy) is 3. The number of methoxy groups -OCH3 is 1. The number of benzene rings is 1. The molecule has 18 heavy (non-hydrogen) atoms. The van der Waals surface area contributed by atoms with Crippen molar-refractivity contribution in [3.63, 3.8) is 0 Å². The summed E-state index contributed by atoms with van der Waals surface area (Å²) in [4.78, 5) is 0. The van der Waals surface area contributed by atoms with Gasteiger partial charge in [-0.3, -0.25) is 0 Å². The second kappa shape index (κ2) is 6.26. The molecule has 1 aliphatic rings. The molecular weight excluding hydrogens is 236 g/mol. The lowest BCUT2D eigenvalue weighted by Gasteiger charge is -2.18. The Balaban J connectivity index is 1.80. The summed E-state index contributed by atoms with van der Waals surface area (Å²) >= 11 is 0. The number of aliphatic hydroxyl groups excluding tert-OH is 2. The van der Waals surface area contributed by atoms with E-state index in [-0.39, 0.29) is 6.61 Å². The van der Waals surface area contributed by atoms with Gasteiger partial charge in [-0.05, 0) is 5.56 Å². The first-order valence-corrected chi connectivity index (χ1v) is 5.88. The van der Waals surface area contributed by atoms with Crippen LogP contribution in [0.2, 0.25) is 0 Å². The van der Waals surface area contributed by atoms with Crippen molar-refractivity contribution in [1.29, 1.82) is 0 Å². The van der Waals surface area contributed by atoms with Gasteiger partial charge in [-0.25, -0.2) is 0 Å². The third-order valence-corrected chi connectivity index (χ3v) is 2.98. The van der Waals surface area contributed by atoms with Crippen LogP contribution in [-0.2, 0) is 20.8 Å². The Hall–Kier alpha value is -0.980. The van der Waals surface area contributed by atoms with E-state index < -0.39 is 24.6 Å². The van der Waals surface area contributed by atoms with E-state index in [2.05, 4.69) is 0 Å². The topological polar surface area (TPSA) is 68.2 Å². The molecule has 0 aliphatic carbocycles. The maximum absolute atomic E-state index is 9.59. The SMILES string of the molecule is CO[C@@H]1[C@@H](O)[C@@H](O)O[C@@H]1COCc1ccccc1. The molecule has 1 heterocycles. The molecule has 2 N–H and O–H groups in total. The van der Waals surface area contributed by atoms with Gasteiger partial charge in [0.15, 0.2) is 6.29 Å². The molecule has 4 atom stereocenters. The summed E-state index contributed by atoms with van der Waals surface area (Å²) in [7, 11) is 1.47. The normalized spacial score (nSPS) is 31.7. The zero-order valence-electron chi connectivity index (χ0n) is 10.2. The Morgan fingerprint density at radius 3 is 2.61 bits per heavy atom. The van der Waals surface area contributed by atoms with Crippen LogP contribution in [0.15, 0.2) is 30.3 Å². The molecule has 1 fully saturated rings. The van der Waals surface area contributed by atoms with Gasteiger partial charge in [-0.15, -0.1) is 0 Å². The maximum Gasteiger partial charge on any atom is 0.184 e. The van der Waals surface area contributed by atoms with Crippen LogP contribution in [0.5, 0.6) is 0 Å². The zero-order chi connectivity index (χ0) is 13.0. The summed E-state index contributed by atoms with van der Waals surface area (Å²) in [6.45, 7) is 0.727. The van der Waals surface area contributed by atoms with Gasteiger partial charge in [0.1, 0.15) is 18.3 Å². The fourth-order valence-corrected chi connectivity index (χ4v) is 2.01. The molecule has 100 valence electrons. The fourth-order valence-electron chi connectivity index (χ4n) is 2.01. The Morgan fingerprint density at radius 1 is 1.22 bits per heavy atom. The standard InChI is InChI=1S/C13H18O5/c1-16-12-10(18-13(15)11(12)14)8-17-7-9-5-3-2-4-6-9/h2-6,10-15H,7-8H2,1H3/t10-,11-,12+,13+/m1/s1. The first kappa shape index (κ1) is 13.5. The Labute approximate surface area is 106 Å². The maximum atomic E-state index is 9.59. The first-order chi connectivity index (χ1) is 8.72. The van der Waals surface area contributed by atoms with Crippen LogP contribution in [-0.4, -0.2) is 48.5 Å². The number of aliphatic hydroxyl groups is 2. The van der Waals surface area contributed by atoms with Gasteiger partial charge in [0, 0.05) is 7.11 Å². The van der Waals surface area contributed by atoms with Gasteiger partial charge >= 0.3 is 0 Å². The van der Waals surface area contributed by atoms with Gasteiger partial charge in [-0.1, -0.05) is 30.3 Å². The summed E-state index contributed by atoms with van der Waals surface area (Å²) in [6, 6.07) is 9.75. The molecule has 0 amide bonds. The smallest absolute Gasteiger partial charge is 0.184 e. The predicted molar refractivity (Wildman–Crippen MR) is 63.8 cm³/mol. The van der Waals surface area contributed by atoms with E-state index in [0.717, 1.165) is 5.56 Å². The lowest BCUT2D eigenvalue weighted by atomic mass is 10.1. The second-order valence-electron chi connectivity index (χ2n) is 4.26. The summed E-state index contributed by atoms with van der Waals surface area (Å²) in [5.41, 5.74) is 1.06. The Kier molecular flexibility index (Phi) is 4.68. The van der Waals surface area contributed by atoms with Crippen molar-refractivity contribution in [3.05, 3.63) is 35.9 Å². The molecule has 5 nitrogen and oxygen atoms in total. The van der Waals surface area contributed by atoms with Crippen LogP contribution in [0.4, 0.5) is 0 Å². The van der Waals surface area contributed by atoms with Crippen LogP contribution in [0.1, 0.15) is 5.56 Å². The molecule has 0 bridgehead atoms. The van der Waals surface area contributed by atoms with E-state index in [1.807, 2.05) is 30.3 Å². The highest BCUT2D eigenvalue weighted by Gasteiger charge is 2.43. The van der Waals surface area contributed by atoms with Crippen molar-refractivity contribution >= 4 is 0 Å². The molecule has 0 spiro atoms. The summed E-state index contributed by atoms with van der Waals surface area (Å²) in [5, 5.41) is 19.0. The molecule has 0 radical (unpaired) electrons. The molecule has 0 unspecified atom stereocenters. The summed E-state index contributed by atoms with van der Waals surface area (Å²) < 4.78 is 15.8. The van der Waals surface area contributed by atoms with E-state index in [9.17, 15) is 10.2 Å². The van der Waals surface area contributed by atoms with E-state index in [4.69, 9.17) is 14.2 Å². The number of hydrogen-bond acceptors (Lipinski definition) is 5. The minimum atomic E-state index is -1.21. The molecule has 1 aromatic rings. The third kappa shape index (κ3) is 3.07. The van der Waals surface area contributed by atoms with Crippen LogP contribution in [0, 0.1) is 0 Å². The predicted octanol–water partition coefficient (Wildman–Crippen LogP) is 0.296. The van der Waals surface area contributed by atoms with Gasteiger partial charge < -0.3 is 24.4 Å². The molecule has 0 saturated carbocycles. The van der Waals surface area contributed by atoms with Crippen molar-refractivity contribution < 1.29 is 24.4 Å². The van der Waals surface area contributed by atoms with Crippen LogP contribution < -0.4 is 0 Å². The van der Waals surface area contributed by atoms with Crippen molar-refractivity contribution in [2.75, 3.05) is 13.7 Å². The molecule has 1 saturated heterocycles. The van der Waals surface area contributed by atoms with Gasteiger partial charge in [-0.2, -0.15) is 0 Å². The minimum Gasteiger partial charge on any atom is -0.385 e. The third-order valence-electron chi connectivity index (χ3n) is 2.98. The van der Waals surface area contributed by atoms with Gasteiger partial charge in [0.05, 0.1) is 13.2 Å². The van der Waals surface area contributed by atoms with Crippen molar-refractivity contribution in [2.45, 2.75) is 31.2 Å². The molecule has 2 rings (SSSR count). The highest BCUT2D eigenvalue weighted by Crippen LogP contribution is 2.22. The molecule has 1 aromatic carbocycles. The molecule has 0 aromatic heterocycles. The Bertz CT molecular complexity index is 356. The molecular formula is C13H18O5. The van der Waals surface area contributed by atoms with Crippen molar-refractivity contribution in [1.82, 2.24) is 0 Å². The minimum absolute atomic E-state index is 0.265. The van der Waals surface area contributed by atoms with Crippen LogP contribution >= 0.6 is 0 Å². The quantitative estimate of drug-likeness (QED) is 0.791. The van der Waals surface area contributed by atoms with Gasteiger partial charge in [0.25, 0.3) is 0 Å². The number of rotatable bonds is 5. The first-order valence-electron chi connectivity index (χ1n) is 5.88.